The number of carbonyl (C=O) groups is 3. The van der Waals surface area contributed by atoms with Gasteiger partial charge in [0.2, 0.25) is 0 Å². The van der Waals surface area contributed by atoms with Gasteiger partial charge in [-0.25, -0.2) is 4.79 Å². The molecule has 2 aromatic carbocycles. The van der Waals surface area contributed by atoms with Gasteiger partial charge < -0.3 is 14.6 Å². The molecule has 2 aliphatic heterocycles. The molecule has 0 saturated carbocycles. The summed E-state index contributed by atoms with van der Waals surface area (Å²) >= 11 is 0.843. The summed E-state index contributed by atoms with van der Waals surface area (Å²) < 4.78 is 11.9. The van der Waals surface area contributed by atoms with E-state index < -0.39 is 22.7 Å². The molecule has 0 radical (unpaired) electrons. The molecule has 2 aromatic rings. The van der Waals surface area contributed by atoms with Gasteiger partial charge in [0.15, 0.2) is 0 Å². The van der Waals surface area contributed by atoms with Gasteiger partial charge in [0.25, 0.3) is 11.1 Å². The van der Waals surface area contributed by atoms with Crippen molar-refractivity contribution in [3.05, 3.63) is 62.6 Å². The average molecular weight is 468 g/mol. The van der Waals surface area contributed by atoms with Crippen LogP contribution in [-0.4, -0.2) is 34.4 Å². The Labute approximate surface area is 196 Å². The predicted molar refractivity (Wildman–Crippen MR) is 126 cm³/mol. The van der Waals surface area contributed by atoms with Gasteiger partial charge in [0.1, 0.15) is 23.7 Å². The van der Waals surface area contributed by atoms with Crippen LogP contribution in [0.15, 0.2) is 29.2 Å². The number of thioether (sulfide) groups is 1. The Hall–Kier alpha value is -3.26. The van der Waals surface area contributed by atoms with Crippen LogP contribution in [0.4, 0.5) is 4.79 Å². The lowest BCUT2D eigenvalue weighted by Gasteiger charge is -2.37. The SMILES string of the molecule is Cc1c(C)c2c(c(C)c1O)CC[C@@](C)(COC(=O)c1ccc(/C=C3\SC(=O)NC3=O)cc1)O2. The molecule has 33 heavy (non-hydrogen) atoms. The average Bonchev–Trinajstić information content (AvgIpc) is 3.11. The first-order valence-corrected chi connectivity index (χ1v) is 11.4. The summed E-state index contributed by atoms with van der Waals surface area (Å²) in [5, 5.41) is 12.1. The first-order chi connectivity index (χ1) is 15.6. The maximum absolute atomic E-state index is 12.6. The van der Waals surface area contributed by atoms with Crippen LogP contribution in [0.1, 0.15) is 51.5 Å². The lowest BCUT2D eigenvalue weighted by molar-refractivity contribution is -0.115. The summed E-state index contributed by atoms with van der Waals surface area (Å²) in [5.74, 6) is 0.175. The zero-order valence-corrected chi connectivity index (χ0v) is 19.7. The Balaban J connectivity index is 1.42. The van der Waals surface area contributed by atoms with E-state index in [2.05, 4.69) is 5.32 Å². The first kappa shape index (κ1) is 22.9. The number of hydrogen-bond acceptors (Lipinski definition) is 7. The Morgan fingerprint density at radius 2 is 1.88 bits per heavy atom. The molecule has 0 unspecified atom stereocenters. The molecule has 0 aromatic heterocycles. The van der Waals surface area contributed by atoms with Crippen LogP contribution in [0.25, 0.3) is 6.08 Å². The molecule has 1 atom stereocenters. The van der Waals surface area contributed by atoms with Crippen molar-refractivity contribution in [3.63, 3.8) is 0 Å². The molecular weight excluding hydrogens is 442 g/mol. The highest BCUT2D eigenvalue weighted by Gasteiger charge is 2.36. The molecule has 8 heteroatoms. The van der Waals surface area contributed by atoms with Gasteiger partial charge in [0, 0.05) is 5.56 Å². The number of nitrogens with one attached hydrogen (secondary N) is 1. The van der Waals surface area contributed by atoms with Crippen LogP contribution in [-0.2, 0) is 16.0 Å². The lowest BCUT2D eigenvalue weighted by atomic mass is 9.87. The predicted octanol–water partition coefficient (Wildman–Crippen LogP) is 4.58. The number of phenolic OH excluding ortho intramolecular Hbond substituents is 1. The van der Waals surface area contributed by atoms with Gasteiger partial charge in [-0.15, -0.1) is 0 Å². The zero-order valence-electron chi connectivity index (χ0n) is 18.9. The van der Waals surface area contributed by atoms with Crippen molar-refractivity contribution < 1.29 is 29.0 Å². The summed E-state index contributed by atoms with van der Waals surface area (Å²) in [7, 11) is 0. The highest BCUT2D eigenvalue weighted by atomic mass is 32.2. The number of aromatic hydroxyl groups is 1. The molecular formula is C25H25NO6S. The van der Waals surface area contributed by atoms with E-state index >= 15 is 0 Å². The van der Waals surface area contributed by atoms with Gasteiger partial charge in [-0.2, -0.15) is 0 Å². The van der Waals surface area contributed by atoms with Crippen molar-refractivity contribution in [2.24, 2.45) is 0 Å². The molecule has 2 amide bonds. The highest BCUT2D eigenvalue weighted by molar-refractivity contribution is 8.18. The third-order valence-electron chi connectivity index (χ3n) is 6.19. The minimum Gasteiger partial charge on any atom is -0.507 e. The van der Waals surface area contributed by atoms with Gasteiger partial charge in [-0.05, 0) is 92.8 Å². The number of amides is 2. The Morgan fingerprint density at radius 1 is 1.18 bits per heavy atom. The van der Waals surface area contributed by atoms with Crippen LogP contribution in [0.2, 0.25) is 0 Å². The van der Waals surface area contributed by atoms with Gasteiger partial charge in [0.05, 0.1) is 10.5 Å². The number of benzene rings is 2. The quantitative estimate of drug-likeness (QED) is 0.501. The number of fused-ring (bicyclic) bond motifs is 1. The molecule has 2 N–H and O–H groups in total. The van der Waals surface area contributed by atoms with E-state index in [1.165, 1.54) is 0 Å². The zero-order chi connectivity index (χ0) is 23.9. The van der Waals surface area contributed by atoms with Crippen LogP contribution in [0.3, 0.4) is 0 Å². The third-order valence-corrected chi connectivity index (χ3v) is 7.00. The Kier molecular flexibility index (Phi) is 5.97. The number of ether oxygens (including phenoxy) is 2. The maximum Gasteiger partial charge on any atom is 0.338 e. The number of hydrogen-bond donors (Lipinski definition) is 2. The topological polar surface area (TPSA) is 102 Å². The minimum absolute atomic E-state index is 0.0917. The van der Waals surface area contributed by atoms with Gasteiger partial charge >= 0.3 is 5.97 Å². The number of phenols is 1. The number of rotatable bonds is 4. The first-order valence-electron chi connectivity index (χ1n) is 10.6. The molecule has 172 valence electrons. The molecule has 2 heterocycles. The van der Waals surface area contributed by atoms with E-state index in [0.717, 1.165) is 46.2 Å². The van der Waals surface area contributed by atoms with Crippen LogP contribution in [0.5, 0.6) is 11.5 Å². The van der Waals surface area contributed by atoms with E-state index in [1.807, 2.05) is 27.7 Å². The fourth-order valence-electron chi connectivity index (χ4n) is 3.99. The second kappa shape index (κ2) is 8.59. The maximum atomic E-state index is 12.6. The molecule has 4 rings (SSSR count). The lowest BCUT2D eigenvalue weighted by Crippen LogP contribution is -2.42. The molecule has 2 aliphatic rings. The highest BCUT2D eigenvalue weighted by Crippen LogP contribution is 2.43. The number of esters is 1. The number of carbonyl (C=O) groups excluding carboxylic acids is 3. The minimum atomic E-state index is -0.673. The van der Waals surface area contributed by atoms with E-state index in [4.69, 9.17) is 9.47 Å². The monoisotopic (exact) mass is 467 g/mol. The smallest absolute Gasteiger partial charge is 0.338 e. The summed E-state index contributed by atoms with van der Waals surface area (Å²) in [5.41, 5.74) is 3.92. The summed E-state index contributed by atoms with van der Waals surface area (Å²) in [6.07, 6.45) is 2.97. The van der Waals surface area contributed by atoms with Gasteiger partial charge in [-0.1, -0.05) is 12.1 Å². The Bertz CT molecular complexity index is 1200. The summed E-state index contributed by atoms with van der Waals surface area (Å²) in [6, 6.07) is 6.62. The van der Waals surface area contributed by atoms with E-state index in [0.29, 0.717) is 28.2 Å². The third kappa shape index (κ3) is 4.48. The standard InChI is InChI=1S/C25H25NO6S/c1-13-14(2)21-18(15(3)20(13)27)9-10-25(4,32-21)12-31-23(29)17-7-5-16(6-8-17)11-19-22(28)26-24(30)33-19/h5-8,11,27H,9-10,12H2,1-4H3,(H,26,28,30)/b19-11-/t25-/m0/s1. The van der Waals surface area contributed by atoms with Crippen LogP contribution in [0, 0.1) is 20.8 Å². The van der Waals surface area contributed by atoms with Crippen LogP contribution < -0.4 is 10.1 Å². The van der Waals surface area contributed by atoms with E-state index in [-0.39, 0.29) is 6.61 Å². The van der Waals surface area contributed by atoms with Crippen molar-refractivity contribution in [2.75, 3.05) is 6.61 Å². The fourth-order valence-corrected chi connectivity index (χ4v) is 4.67. The van der Waals surface area contributed by atoms with E-state index in [9.17, 15) is 19.5 Å². The van der Waals surface area contributed by atoms with Crippen LogP contribution >= 0.6 is 11.8 Å². The Morgan fingerprint density at radius 3 is 2.52 bits per heavy atom. The second-order valence-electron chi connectivity index (χ2n) is 8.63. The normalized spacial score (nSPS) is 20.9. The molecule has 1 fully saturated rings. The van der Waals surface area contributed by atoms with Crippen molar-refractivity contribution in [2.45, 2.75) is 46.1 Å². The summed E-state index contributed by atoms with van der Waals surface area (Å²) in [6.45, 7) is 7.69. The summed E-state index contributed by atoms with van der Waals surface area (Å²) in [4.78, 5) is 35.8. The van der Waals surface area contributed by atoms with Crippen molar-refractivity contribution in [1.82, 2.24) is 5.32 Å². The molecule has 0 aliphatic carbocycles. The fraction of sp³-hybridized carbons (Fsp3) is 0.320. The molecule has 0 spiro atoms. The molecule has 1 saturated heterocycles. The van der Waals surface area contributed by atoms with Gasteiger partial charge in [-0.3, -0.25) is 14.9 Å². The van der Waals surface area contributed by atoms with E-state index in [1.54, 1.807) is 30.3 Å². The van der Waals surface area contributed by atoms with Crippen molar-refractivity contribution in [3.8, 4) is 11.5 Å². The largest absolute Gasteiger partial charge is 0.507 e. The van der Waals surface area contributed by atoms with Crippen molar-refractivity contribution >= 4 is 35.0 Å². The van der Waals surface area contributed by atoms with Crippen molar-refractivity contribution in [1.29, 1.82) is 0 Å². The molecule has 0 bridgehead atoms. The number of imide groups is 1. The second-order valence-corrected chi connectivity index (χ2v) is 9.65. The molecule has 7 nitrogen and oxygen atoms in total.